The van der Waals surface area contributed by atoms with Crippen LogP contribution >= 0.6 is 22.9 Å². The summed E-state index contributed by atoms with van der Waals surface area (Å²) in [7, 11) is 0. The van der Waals surface area contributed by atoms with Gasteiger partial charge in [-0.1, -0.05) is 29.8 Å². The lowest BCUT2D eigenvalue weighted by molar-refractivity contribution is 0.219. The number of hydrogen-bond donors (Lipinski definition) is 2. The van der Waals surface area contributed by atoms with Crippen molar-refractivity contribution in [3.05, 3.63) is 59.8 Å². The molecule has 1 aliphatic rings. The summed E-state index contributed by atoms with van der Waals surface area (Å²) in [6.45, 7) is 2.30. The third-order valence-corrected chi connectivity index (χ3v) is 6.57. The highest BCUT2D eigenvalue weighted by atomic mass is 35.5. The summed E-state index contributed by atoms with van der Waals surface area (Å²) in [5.74, 6) is -0.172. The average Bonchev–Trinajstić information content (AvgIpc) is 3.40. The summed E-state index contributed by atoms with van der Waals surface area (Å²) < 4.78 is 15.7. The van der Waals surface area contributed by atoms with Crippen LogP contribution in [-0.2, 0) is 0 Å². The van der Waals surface area contributed by atoms with Crippen LogP contribution in [0.4, 0.5) is 15.1 Å². The van der Waals surface area contributed by atoms with Crippen LogP contribution in [0.25, 0.3) is 31.8 Å². The van der Waals surface area contributed by atoms with Crippen molar-refractivity contribution >= 4 is 45.0 Å². The molecule has 0 atom stereocenters. The molecule has 1 aromatic carbocycles. The van der Waals surface area contributed by atoms with Gasteiger partial charge in [0.05, 0.1) is 11.1 Å². The largest absolute Gasteiger partial charge is 0.352 e. The minimum Gasteiger partial charge on any atom is -0.352 e. The summed E-state index contributed by atoms with van der Waals surface area (Å²) in [6, 6.07) is 11.5. The molecular weight excluding hydrogens is 451 g/mol. The van der Waals surface area contributed by atoms with Crippen molar-refractivity contribution in [2.75, 3.05) is 31.5 Å². The van der Waals surface area contributed by atoms with Crippen molar-refractivity contribution in [2.24, 2.45) is 0 Å². The van der Waals surface area contributed by atoms with Gasteiger partial charge in [0.2, 0.25) is 5.95 Å². The standard InChI is InChI=1S/C22H18ClFN6OS/c23-18-11-13(4-5-25-18)15-3-1-2-14-10-17(32-20(14)15)19-16(24)12-28-21(29-19)26-6-8-30-9-7-27-22(30)31/h1-5,10-12H,6-9H2,(H,27,31)(H,26,28,29). The van der Waals surface area contributed by atoms with Crippen LogP contribution in [0.3, 0.4) is 0 Å². The molecule has 4 heterocycles. The van der Waals surface area contributed by atoms with Gasteiger partial charge in [-0.2, -0.15) is 0 Å². The molecule has 0 spiro atoms. The van der Waals surface area contributed by atoms with Gasteiger partial charge in [0.15, 0.2) is 5.82 Å². The maximum absolute atomic E-state index is 14.6. The molecule has 0 unspecified atom stereocenters. The molecule has 0 radical (unpaired) electrons. The van der Waals surface area contributed by atoms with E-state index in [-0.39, 0.29) is 11.7 Å². The molecule has 2 N–H and O–H groups in total. The summed E-state index contributed by atoms with van der Waals surface area (Å²) in [5, 5.41) is 7.24. The van der Waals surface area contributed by atoms with E-state index in [0.717, 1.165) is 21.2 Å². The zero-order valence-corrected chi connectivity index (χ0v) is 18.4. The second-order valence-electron chi connectivity index (χ2n) is 7.24. The van der Waals surface area contributed by atoms with Gasteiger partial charge in [-0.05, 0) is 34.7 Å². The number of nitrogens with one attached hydrogen (secondary N) is 2. The normalized spacial score (nSPS) is 13.6. The summed E-state index contributed by atoms with van der Waals surface area (Å²) in [4.78, 5) is 26.5. The van der Waals surface area contributed by atoms with E-state index in [1.54, 1.807) is 11.1 Å². The monoisotopic (exact) mass is 468 g/mol. The maximum Gasteiger partial charge on any atom is 0.317 e. The van der Waals surface area contributed by atoms with E-state index in [1.807, 2.05) is 36.4 Å². The Morgan fingerprint density at radius 3 is 2.97 bits per heavy atom. The van der Waals surface area contributed by atoms with Crippen molar-refractivity contribution in [3.63, 3.8) is 0 Å². The van der Waals surface area contributed by atoms with Crippen molar-refractivity contribution in [1.29, 1.82) is 0 Å². The average molecular weight is 469 g/mol. The Bertz CT molecular complexity index is 1310. The quantitative estimate of drug-likeness (QED) is 0.402. The van der Waals surface area contributed by atoms with Gasteiger partial charge in [0, 0.05) is 37.1 Å². The molecule has 0 saturated carbocycles. The molecule has 32 heavy (non-hydrogen) atoms. The molecule has 5 rings (SSSR count). The second-order valence-corrected chi connectivity index (χ2v) is 8.68. The molecule has 10 heteroatoms. The Morgan fingerprint density at radius 1 is 1.25 bits per heavy atom. The highest BCUT2D eigenvalue weighted by Gasteiger charge is 2.19. The smallest absolute Gasteiger partial charge is 0.317 e. The van der Waals surface area contributed by atoms with E-state index in [9.17, 15) is 9.18 Å². The number of benzene rings is 1. The lowest BCUT2D eigenvalue weighted by Gasteiger charge is -2.14. The number of aromatic nitrogens is 3. The van der Waals surface area contributed by atoms with Gasteiger partial charge in [-0.3, -0.25) is 0 Å². The van der Waals surface area contributed by atoms with E-state index in [1.165, 1.54) is 17.5 Å². The molecule has 0 aliphatic carbocycles. The van der Waals surface area contributed by atoms with Crippen molar-refractivity contribution in [1.82, 2.24) is 25.2 Å². The van der Waals surface area contributed by atoms with Gasteiger partial charge in [0.25, 0.3) is 0 Å². The first-order valence-corrected chi connectivity index (χ1v) is 11.2. The van der Waals surface area contributed by atoms with Crippen LogP contribution in [0.2, 0.25) is 5.15 Å². The first kappa shape index (κ1) is 20.6. The van der Waals surface area contributed by atoms with E-state index in [0.29, 0.717) is 42.2 Å². The molecule has 162 valence electrons. The zero-order valence-electron chi connectivity index (χ0n) is 16.8. The first-order valence-electron chi connectivity index (χ1n) is 10.0. The van der Waals surface area contributed by atoms with Crippen LogP contribution in [0.5, 0.6) is 0 Å². The minimum atomic E-state index is -0.491. The number of hydrogen-bond acceptors (Lipinski definition) is 6. The number of anilines is 1. The second kappa shape index (κ2) is 8.68. The highest BCUT2D eigenvalue weighted by molar-refractivity contribution is 7.22. The summed E-state index contributed by atoms with van der Waals surface area (Å²) in [6.07, 6.45) is 2.83. The minimum absolute atomic E-state index is 0.0796. The maximum atomic E-state index is 14.6. The lowest BCUT2D eigenvalue weighted by Crippen LogP contribution is -2.32. The van der Waals surface area contributed by atoms with Crippen LogP contribution in [0.1, 0.15) is 0 Å². The number of nitrogens with zero attached hydrogens (tertiary/aromatic N) is 4. The zero-order chi connectivity index (χ0) is 22.1. The number of amides is 2. The van der Waals surface area contributed by atoms with E-state index in [2.05, 4.69) is 25.6 Å². The van der Waals surface area contributed by atoms with Crippen molar-refractivity contribution in [2.45, 2.75) is 0 Å². The molecular formula is C22H18ClFN6OS. The Labute approximate surface area is 192 Å². The van der Waals surface area contributed by atoms with Gasteiger partial charge in [-0.15, -0.1) is 11.3 Å². The van der Waals surface area contributed by atoms with Gasteiger partial charge >= 0.3 is 6.03 Å². The molecule has 7 nitrogen and oxygen atoms in total. The fourth-order valence-corrected chi connectivity index (χ4v) is 4.99. The van der Waals surface area contributed by atoms with Gasteiger partial charge < -0.3 is 15.5 Å². The highest BCUT2D eigenvalue weighted by Crippen LogP contribution is 2.39. The third-order valence-electron chi connectivity index (χ3n) is 5.17. The van der Waals surface area contributed by atoms with Crippen LogP contribution in [0.15, 0.2) is 48.8 Å². The van der Waals surface area contributed by atoms with Gasteiger partial charge in [-0.25, -0.2) is 24.1 Å². The summed E-state index contributed by atoms with van der Waals surface area (Å²) in [5.41, 5.74) is 2.18. The Morgan fingerprint density at radius 2 is 2.16 bits per heavy atom. The number of pyridine rings is 1. The first-order chi connectivity index (χ1) is 15.6. The molecule has 1 fully saturated rings. The molecule has 1 aliphatic heterocycles. The summed E-state index contributed by atoms with van der Waals surface area (Å²) >= 11 is 7.53. The molecule has 3 aromatic heterocycles. The number of rotatable bonds is 6. The van der Waals surface area contributed by atoms with Crippen LogP contribution in [0, 0.1) is 5.82 Å². The predicted molar refractivity (Wildman–Crippen MR) is 125 cm³/mol. The van der Waals surface area contributed by atoms with Gasteiger partial charge in [0.1, 0.15) is 10.8 Å². The number of halogens is 2. The number of carbonyl (C=O) groups excluding carboxylic acids is 1. The Balaban J connectivity index is 1.43. The van der Waals surface area contributed by atoms with Crippen molar-refractivity contribution < 1.29 is 9.18 Å². The molecule has 0 bridgehead atoms. The predicted octanol–water partition coefficient (Wildman–Crippen LogP) is 4.65. The number of fused-ring (bicyclic) bond motifs is 1. The van der Waals surface area contributed by atoms with E-state index in [4.69, 9.17) is 11.6 Å². The Kier molecular flexibility index (Phi) is 5.59. The SMILES string of the molecule is O=C1NCCN1CCNc1ncc(F)c(-c2cc3cccc(-c4ccnc(Cl)c4)c3s2)n1. The fraction of sp³-hybridized carbons (Fsp3) is 0.182. The third kappa shape index (κ3) is 4.09. The topological polar surface area (TPSA) is 83.0 Å². The number of thiophene rings is 1. The van der Waals surface area contributed by atoms with Crippen LogP contribution < -0.4 is 10.6 Å². The van der Waals surface area contributed by atoms with E-state index < -0.39 is 5.82 Å². The molecule has 2 amide bonds. The molecule has 1 saturated heterocycles. The fourth-order valence-electron chi connectivity index (χ4n) is 3.63. The van der Waals surface area contributed by atoms with E-state index >= 15 is 0 Å². The number of carbonyl (C=O) groups is 1. The Hall–Kier alpha value is -3.30. The van der Waals surface area contributed by atoms with Crippen molar-refractivity contribution in [3.8, 4) is 21.7 Å². The molecule has 4 aromatic rings. The number of urea groups is 1. The lowest BCUT2D eigenvalue weighted by atomic mass is 10.1. The van der Waals surface area contributed by atoms with Crippen LogP contribution in [-0.4, -0.2) is 52.1 Å².